The van der Waals surface area contributed by atoms with Gasteiger partial charge in [0.25, 0.3) is 0 Å². The van der Waals surface area contributed by atoms with Gasteiger partial charge >= 0.3 is 0 Å². The minimum absolute atomic E-state index is 0.357. The molecule has 1 atom stereocenters. The molecular formula is C15H32N2O2. The van der Waals surface area contributed by atoms with E-state index in [4.69, 9.17) is 15.2 Å². The van der Waals surface area contributed by atoms with Crippen LogP contribution >= 0.6 is 0 Å². The SMILES string of the molecule is CC(CNC(C)C)COC1(OCCN)CCCCC1. The molecule has 0 bridgehead atoms. The van der Waals surface area contributed by atoms with Gasteiger partial charge in [-0.3, -0.25) is 0 Å². The van der Waals surface area contributed by atoms with Gasteiger partial charge in [-0.2, -0.15) is 0 Å². The minimum atomic E-state index is -0.357. The summed E-state index contributed by atoms with van der Waals surface area (Å²) in [5, 5.41) is 3.45. The van der Waals surface area contributed by atoms with E-state index in [1.165, 1.54) is 19.3 Å². The van der Waals surface area contributed by atoms with E-state index in [-0.39, 0.29) is 5.79 Å². The molecule has 0 amide bonds. The molecule has 0 radical (unpaired) electrons. The largest absolute Gasteiger partial charge is 0.350 e. The number of ether oxygens (including phenoxy) is 2. The lowest BCUT2D eigenvalue weighted by Crippen LogP contribution is -2.41. The van der Waals surface area contributed by atoms with Crippen molar-refractivity contribution < 1.29 is 9.47 Å². The molecule has 1 fully saturated rings. The summed E-state index contributed by atoms with van der Waals surface area (Å²) in [6.07, 6.45) is 5.71. The zero-order valence-corrected chi connectivity index (χ0v) is 12.9. The van der Waals surface area contributed by atoms with Crippen LogP contribution in [0.1, 0.15) is 52.9 Å². The second kappa shape index (κ2) is 8.90. The summed E-state index contributed by atoms with van der Waals surface area (Å²) >= 11 is 0. The summed E-state index contributed by atoms with van der Waals surface area (Å²) in [6.45, 7) is 9.46. The van der Waals surface area contributed by atoms with Crippen molar-refractivity contribution in [2.75, 3.05) is 26.3 Å². The second-order valence-corrected chi connectivity index (χ2v) is 6.09. The van der Waals surface area contributed by atoms with Crippen LogP contribution in [-0.4, -0.2) is 38.1 Å². The molecule has 1 aliphatic rings. The van der Waals surface area contributed by atoms with Crippen LogP contribution in [-0.2, 0) is 9.47 Å². The van der Waals surface area contributed by atoms with E-state index in [0.717, 1.165) is 26.0 Å². The molecule has 19 heavy (non-hydrogen) atoms. The van der Waals surface area contributed by atoms with Gasteiger partial charge in [-0.1, -0.05) is 27.2 Å². The third kappa shape index (κ3) is 6.70. The van der Waals surface area contributed by atoms with E-state index in [2.05, 4.69) is 26.1 Å². The highest BCUT2D eigenvalue weighted by Crippen LogP contribution is 2.33. The van der Waals surface area contributed by atoms with E-state index < -0.39 is 0 Å². The number of hydrogen-bond donors (Lipinski definition) is 2. The molecule has 0 aromatic heterocycles. The van der Waals surface area contributed by atoms with Gasteiger partial charge in [0, 0.05) is 32.0 Å². The maximum Gasteiger partial charge on any atom is 0.168 e. The van der Waals surface area contributed by atoms with Crippen molar-refractivity contribution in [2.45, 2.75) is 64.7 Å². The number of nitrogens with one attached hydrogen (secondary N) is 1. The fraction of sp³-hybridized carbons (Fsp3) is 1.00. The molecule has 4 nitrogen and oxygen atoms in total. The molecule has 0 aromatic carbocycles. The standard InChI is InChI=1S/C15H32N2O2/c1-13(2)17-11-14(3)12-19-15(18-10-9-16)7-5-4-6-8-15/h13-14,17H,4-12,16H2,1-3H3. The van der Waals surface area contributed by atoms with Crippen molar-refractivity contribution in [3.8, 4) is 0 Å². The Bertz CT molecular complexity index is 228. The lowest BCUT2D eigenvalue weighted by molar-refractivity contribution is -0.255. The van der Waals surface area contributed by atoms with Gasteiger partial charge in [-0.15, -0.1) is 0 Å². The molecule has 0 aromatic rings. The van der Waals surface area contributed by atoms with Crippen LogP contribution in [0.3, 0.4) is 0 Å². The van der Waals surface area contributed by atoms with E-state index in [1.807, 2.05) is 0 Å². The van der Waals surface area contributed by atoms with Crippen LogP contribution in [0.4, 0.5) is 0 Å². The van der Waals surface area contributed by atoms with Gasteiger partial charge in [0.2, 0.25) is 0 Å². The minimum Gasteiger partial charge on any atom is -0.350 e. The van der Waals surface area contributed by atoms with Crippen molar-refractivity contribution in [2.24, 2.45) is 11.7 Å². The predicted octanol–water partition coefficient (Wildman–Crippen LogP) is 2.27. The summed E-state index contributed by atoms with van der Waals surface area (Å²) in [6, 6.07) is 0.527. The molecule has 0 heterocycles. The smallest absolute Gasteiger partial charge is 0.168 e. The summed E-state index contributed by atoms with van der Waals surface area (Å²) in [4.78, 5) is 0. The molecular weight excluding hydrogens is 240 g/mol. The van der Waals surface area contributed by atoms with Gasteiger partial charge in [0.1, 0.15) is 0 Å². The maximum atomic E-state index is 6.15. The highest BCUT2D eigenvalue weighted by atomic mass is 16.7. The fourth-order valence-electron chi connectivity index (χ4n) is 2.46. The van der Waals surface area contributed by atoms with Crippen LogP contribution in [0.5, 0.6) is 0 Å². The quantitative estimate of drug-likeness (QED) is 0.632. The first-order valence-electron chi connectivity index (χ1n) is 7.79. The Morgan fingerprint density at radius 1 is 1.11 bits per heavy atom. The molecule has 1 aliphatic carbocycles. The van der Waals surface area contributed by atoms with Crippen molar-refractivity contribution in [1.82, 2.24) is 5.32 Å². The zero-order valence-electron chi connectivity index (χ0n) is 12.9. The Labute approximate surface area is 118 Å². The molecule has 1 rings (SSSR count). The number of rotatable bonds is 9. The Hall–Kier alpha value is -0.160. The first-order valence-corrected chi connectivity index (χ1v) is 7.79. The maximum absolute atomic E-state index is 6.15. The normalized spacial score (nSPS) is 20.7. The molecule has 0 saturated heterocycles. The number of hydrogen-bond acceptors (Lipinski definition) is 4. The van der Waals surface area contributed by atoms with E-state index in [1.54, 1.807) is 0 Å². The van der Waals surface area contributed by atoms with Gasteiger partial charge in [-0.05, 0) is 18.8 Å². The van der Waals surface area contributed by atoms with Crippen molar-refractivity contribution in [3.05, 3.63) is 0 Å². The first kappa shape index (κ1) is 16.9. The predicted molar refractivity (Wildman–Crippen MR) is 79.1 cm³/mol. The lowest BCUT2D eigenvalue weighted by atomic mass is 9.94. The monoisotopic (exact) mass is 272 g/mol. The summed E-state index contributed by atoms with van der Waals surface area (Å²) in [7, 11) is 0. The Morgan fingerprint density at radius 3 is 2.37 bits per heavy atom. The van der Waals surface area contributed by atoms with Crippen LogP contribution < -0.4 is 11.1 Å². The summed E-state index contributed by atoms with van der Waals surface area (Å²) in [5.74, 6) is 0.145. The van der Waals surface area contributed by atoms with E-state index >= 15 is 0 Å². The van der Waals surface area contributed by atoms with Crippen molar-refractivity contribution >= 4 is 0 Å². The van der Waals surface area contributed by atoms with E-state index in [0.29, 0.717) is 25.1 Å². The second-order valence-electron chi connectivity index (χ2n) is 6.09. The Balaban J connectivity index is 2.35. The zero-order chi connectivity index (χ0) is 14.1. The van der Waals surface area contributed by atoms with Gasteiger partial charge in [0.05, 0.1) is 13.2 Å². The van der Waals surface area contributed by atoms with Gasteiger partial charge < -0.3 is 20.5 Å². The van der Waals surface area contributed by atoms with Crippen LogP contribution in [0.25, 0.3) is 0 Å². The van der Waals surface area contributed by atoms with Crippen molar-refractivity contribution in [3.63, 3.8) is 0 Å². The first-order chi connectivity index (χ1) is 9.08. The van der Waals surface area contributed by atoms with Gasteiger partial charge in [0.15, 0.2) is 5.79 Å². The lowest BCUT2D eigenvalue weighted by Gasteiger charge is -2.37. The van der Waals surface area contributed by atoms with Crippen LogP contribution in [0, 0.1) is 5.92 Å². The Kier molecular flexibility index (Phi) is 7.91. The summed E-state index contributed by atoms with van der Waals surface area (Å²) < 4.78 is 12.1. The average Bonchev–Trinajstić information content (AvgIpc) is 2.42. The average molecular weight is 272 g/mol. The van der Waals surface area contributed by atoms with E-state index in [9.17, 15) is 0 Å². The molecule has 114 valence electrons. The molecule has 4 heteroatoms. The summed E-state index contributed by atoms with van der Waals surface area (Å²) in [5.41, 5.74) is 5.55. The van der Waals surface area contributed by atoms with Crippen molar-refractivity contribution in [1.29, 1.82) is 0 Å². The molecule has 0 spiro atoms. The Morgan fingerprint density at radius 2 is 1.79 bits per heavy atom. The highest BCUT2D eigenvalue weighted by molar-refractivity contribution is 4.76. The molecule has 3 N–H and O–H groups in total. The third-order valence-electron chi connectivity index (χ3n) is 3.60. The highest BCUT2D eigenvalue weighted by Gasteiger charge is 2.34. The van der Waals surface area contributed by atoms with Crippen LogP contribution in [0.2, 0.25) is 0 Å². The van der Waals surface area contributed by atoms with Gasteiger partial charge in [-0.25, -0.2) is 0 Å². The molecule has 0 aliphatic heterocycles. The fourth-order valence-corrected chi connectivity index (χ4v) is 2.46. The number of nitrogens with two attached hydrogens (primary N) is 1. The topological polar surface area (TPSA) is 56.5 Å². The van der Waals surface area contributed by atoms with Crippen LogP contribution in [0.15, 0.2) is 0 Å². The molecule has 1 saturated carbocycles. The third-order valence-corrected chi connectivity index (χ3v) is 3.60. The molecule has 1 unspecified atom stereocenters.